The smallest absolute Gasteiger partial charge is 0.0441 e. The van der Waals surface area contributed by atoms with E-state index < -0.39 is 0 Å². The van der Waals surface area contributed by atoms with Crippen LogP contribution in [0.4, 0.5) is 0 Å². The van der Waals surface area contributed by atoms with E-state index in [9.17, 15) is 0 Å². The topological polar surface area (TPSA) is 0 Å². The zero-order chi connectivity index (χ0) is 13.2. The minimum atomic E-state index is 0.229. The Labute approximate surface area is 115 Å². The van der Waals surface area contributed by atoms with Gasteiger partial charge in [-0.05, 0) is 47.4 Å². The Balaban J connectivity index is 3.01. The maximum absolute atomic E-state index is 6.33. The second-order valence-corrected chi connectivity index (χ2v) is 7.18. The van der Waals surface area contributed by atoms with Crippen molar-refractivity contribution in [3.63, 3.8) is 0 Å². The molecular weight excluding hydrogens is 251 g/mol. The van der Waals surface area contributed by atoms with Gasteiger partial charge >= 0.3 is 0 Å². The average Bonchev–Trinajstić information content (AvgIpc) is 2.10. The van der Waals surface area contributed by atoms with Crippen molar-refractivity contribution in [1.82, 2.24) is 0 Å². The van der Waals surface area contributed by atoms with Gasteiger partial charge in [0.25, 0.3) is 0 Å². The highest BCUT2D eigenvalue weighted by molar-refractivity contribution is 6.34. The van der Waals surface area contributed by atoms with Crippen LogP contribution in [0.1, 0.15) is 45.7 Å². The lowest BCUT2D eigenvalue weighted by Gasteiger charge is -2.20. The third-order valence-corrected chi connectivity index (χ3v) is 3.27. The quantitative estimate of drug-likeness (QED) is 0.654. The summed E-state index contributed by atoms with van der Waals surface area (Å²) in [4.78, 5) is 0. The highest BCUT2D eigenvalue weighted by atomic mass is 35.5. The summed E-state index contributed by atoms with van der Waals surface area (Å²) in [5.41, 5.74) is 2.54. The average molecular weight is 273 g/mol. The molecule has 0 aromatic heterocycles. The lowest BCUT2D eigenvalue weighted by molar-refractivity contribution is 0.411. The van der Waals surface area contributed by atoms with Gasteiger partial charge in [0.05, 0.1) is 0 Å². The second-order valence-electron chi connectivity index (χ2n) is 6.37. The fourth-order valence-corrected chi connectivity index (χ4v) is 2.45. The summed E-state index contributed by atoms with van der Waals surface area (Å²) in [6.07, 6.45) is 1.93. The lowest BCUT2D eigenvalue weighted by Crippen LogP contribution is -2.10. The molecule has 0 atom stereocenters. The number of hydrogen-bond acceptors (Lipinski definition) is 0. The van der Waals surface area contributed by atoms with Gasteiger partial charge in [-0.15, -0.1) is 0 Å². The van der Waals surface area contributed by atoms with Crippen LogP contribution in [-0.4, -0.2) is 0 Å². The molecule has 0 radical (unpaired) electrons. The van der Waals surface area contributed by atoms with Crippen LogP contribution >= 0.6 is 23.2 Å². The summed E-state index contributed by atoms with van der Waals surface area (Å²) in [6.45, 7) is 11.0. The van der Waals surface area contributed by atoms with Gasteiger partial charge in [-0.2, -0.15) is 0 Å². The molecule has 0 heterocycles. The van der Waals surface area contributed by atoms with Gasteiger partial charge in [-0.1, -0.05) is 57.8 Å². The molecule has 17 heavy (non-hydrogen) atoms. The molecule has 0 bridgehead atoms. The Kier molecular flexibility index (Phi) is 4.92. The van der Waals surface area contributed by atoms with Gasteiger partial charge in [-0.3, -0.25) is 0 Å². The van der Waals surface area contributed by atoms with Crippen molar-refractivity contribution >= 4 is 23.2 Å². The van der Waals surface area contributed by atoms with E-state index in [0.29, 0.717) is 5.92 Å². The molecule has 0 fully saturated rings. The molecular formula is C15H22Cl2. The molecule has 0 spiro atoms. The second kappa shape index (κ2) is 5.63. The molecule has 0 N–H and O–H groups in total. The highest BCUT2D eigenvalue weighted by Gasteiger charge is 2.15. The van der Waals surface area contributed by atoms with Crippen LogP contribution in [0.5, 0.6) is 0 Å². The molecule has 0 saturated heterocycles. The Morgan fingerprint density at radius 1 is 1.00 bits per heavy atom. The van der Waals surface area contributed by atoms with Crippen LogP contribution < -0.4 is 0 Å². The van der Waals surface area contributed by atoms with Crippen molar-refractivity contribution < 1.29 is 0 Å². The SMILES string of the molecule is CC(C)Cc1cc(Cl)c(CC(C)(C)C)cc1Cl. The summed E-state index contributed by atoms with van der Waals surface area (Å²) >= 11 is 12.6. The summed E-state index contributed by atoms with van der Waals surface area (Å²) in [5, 5.41) is 1.70. The maximum atomic E-state index is 6.33. The molecule has 0 unspecified atom stereocenters. The van der Waals surface area contributed by atoms with Crippen molar-refractivity contribution in [3.8, 4) is 0 Å². The van der Waals surface area contributed by atoms with Crippen molar-refractivity contribution in [2.45, 2.75) is 47.5 Å². The van der Waals surface area contributed by atoms with E-state index in [4.69, 9.17) is 23.2 Å². The van der Waals surface area contributed by atoms with E-state index in [1.807, 2.05) is 12.1 Å². The minimum absolute atomic E-state index is 0.229. The van der Waals surface area contributed by atoms with Crippen LogP contribution in [0.3, 0.4) is 0 Å². The van der Waals surface area contributed by atoms with Crippen LogP contribution in [0.25, 0.3) is 0 Å². The van der Waals surface area contributed by atoms with E-state index in [0.717, 1.165) is 34.0 Å². The van der Waals surface area contributed by atoms with Gasteiger partial charge in [0.2, 0.25) is 0 Å². The molecule has 0 amide bonds. The molecule has 1 aromatic rings. The third-order valence-electron chi connectivity index (χ3n) is 2.56. The summed E-state index contributed by atoms with van der Waals surface area (Å²) in [7, 11) is 0. The zero-order valence-electron chi connectivity index (χ0n) is 11.4. The Morgan fingerprint density at radius 3 is 1.94 bits per heavy atom. The Hall–Kier alpha value is -0.200. The van der Waals surface area contributed by atoms with Gasteiger partial charge in [-0.25, -0.2) is 0 Å². The molecule has 1 rings (SSSR count). The van der Waals surface area contributed by atoms with Gasteiger partial charge in [0.15, 0.2) is 0 Å². The van der Waals surface area contributed by atoms with Crippen LogP contribution in [-0.2, 0) is 12.8 Å². The van der Waals surface area contributed by atoms with E-state index in [2.05, 4.69) is 34.6 Å². The zero-order valence-corrected chi connectivity index (χ0v) is 12.9. The largest absolute Gasteiger partial charge is 0.0840 e. The molecule has 1 aromatic carbocycles. The molecule has 0 aliphatic heterocycles. The summed E-state index contributed by atoms with van der Waals surface area (Å²) in [6, 6.07) is 4.07. The molecule has 0 aliphatic rings. The van der Waals surface area contributed by atoms with Crippen molar-refractivity contribution in [2.24, 2.45) is 11.3 Å². The summed E-state index contributed by atoms with van der Waals surface area (Å²) < 4.78 is 0. The number of rotatable bonds is 3. The minimum Gasteiger partial charge on any atom is -0.0840 e. The van der Waals surface area contributed by atoms with Crippen LogP contribution in [0.15, 0.2) is 12.1 Å². The predicted octanol–water partition coefficient (Wildman–Crippen LogP) is 5.78. The number of benzene rings is 1. The maximum Gasteiger partial charge on any atom is 0.0441 e. The predicted molar refractivity (Wildman–Crippen MR) is 78.2 cm³/mol. The molecule has 0 saturated carbocycles. The van der Waals surface area contributed by atoms with Crippen molar-refractivity contribution in [1.29, 1.82) is 0 Å². The van der Waals surface area contributed by atoms with Gasteiger partial charge in [0, 0.05) is 10.0 Å². The van der Waals surface area contributed by atoms with E-state index in [1.54, 1.807) is 0 Å². The number of hydrogen-bond donors (Lipinski definition) is 0. The van der Waals surface area contributed by atoms with E-state index in [1.165, 1.54) is 0 Å². The van der Waals surface area contributed by atoms with Crippen molar-refractivity contribution in [3.05, 3.63) is 33.3 Å². The summed E-state index contributed by atoms with van der Waals surface area (Å²) in [5.74, 6) is 0.594. The molecule has 96 valence electrons. The first kappa shape index (κ1) is 14.9. The fraction of sp³-hybridized carbons (Fsp3) is 0.600. The highest BCUT2D eigenvalue weighted by Crippen LogP contribution is 2.31. The Bertz CT molecular complexity index is 387. The van der Waals surface area contributed by atoms with Gasteiger partial charge in [0.1, 0.15) is 0 Å². The lowest BCUT2D eigenvalue weighted by atomic mass is 9.87. The molecule has 0 aliphatic carbocycles. The van der Waals surface area contributed by atoms with E-state index >= 15 is 0 Å². The normalized spacial score (nSPS) is 12.2. The first-order valence-corrected chi connectivity index (χ1v) is 6.91. The van der Waals surface area contributed by atoms with Crippen LogP contribution in [0.2, 0.25) is 10.0 Å². The fourth-order valence-electron chi connectivity index (χ4n) is 1.93. The van der Waals surface area contributed by atoms with Crippen molar-refractivity contribution in [2.75, 3.05) is 0 Å². The first-order valence-electron chi connectivity index (χ1n) is 6.16. The van der Waals surface area contributed by atoms with Crippen LogP contribution in [0, 0.1) is 11.3 Å². The Morgan fingerprint density at radius 2 is 1.47 bits per heavy atom. The van der Waals surface area contributed by atoms with Gasteiger partial charge < -0.3 is 0 Å². The third kappa shape index (κ3) is 4.89. The monoisotopic (exact) mass is 272 g/mol. The van der Waals surface area contributed by atoms with E-state index in [-0.39, 0.29) is 5.41 Å². The first-order chi connectivity index (χ1) is 7.69. The number of halogens is 2. The molecule has 2 heteroatoms. The standard InChI is InChI=1S/C15H22Cl2/c1-10(2)6-11-7-14(17)12(8-13(11)16)9-15(3,4)5/h7-8,10H,6,9H2,1-5H3. The molecule has 0 nitrogen and oxygen atoms in total.